The van der Waals surface area contributed by atoms with E-state index in [1.165, 1.54) is 0 Å². The molecule has 1 aromatic carbocycles. The van der Waals surface area contributed by atoms with Crippen molar-refractivity contribution >= 4 is 17.4 Å². The molecule has 0 bridgehead atoms. The third-order valence-corrected chi connectivity index (χ3v) is 3.88. The summed E-state index contributed by atoms with van der Waals surface area (Å²) in [5, 5.41) is 0.638. The molecule has 2 rings (SSSR count). The van der Waals surface area contributed by atoms with Crippen molar-refractivity contribution in [1.29, 1.82) is 0 Å². The van der Waals surface area contributed by atoms with Crippen molar-refractivity contribution in [3.8, 4) is 5.75 Å². The highest BCUT2D eigenvalue weighted by Crippen LogP contribution is 2.35. The zero-order valence-electron chi connectivity index (χ0n) is 11.7. The summed E-state index contributed by atoms with van der Waals surface area (Å²) in [6.07, 6.45) is 4.78. The van der Waals surface area contributed by atoms with Crippen LogP contribution in [0.2, 0.25) is 5.02 Å². The van der Waals surface area contributed by atoms with Crippen LogP contribution in [0, 0.1) is 5.92 Å². The second-order valence-corrected chi connectivity index (χ2v) is 5.62. The lowest BCUT2D eigenvalue weighted by molar-refractivity contribution is 0.0901. The maximum atomic E-state index is 12.7. The maximum Gasteiger partial charge on any atom is 0.169 e. The summed E-state index contributed by atoms with van der Waals surface area (Å²) in [6.45, 7) is 4.89. The molecule has 0 amide bonds. The van der Waals surface area contributed by atoms with Gasteiger partial charge in [0.25, 0.3) is 0 Å². The van der Waals surface area contributed by atoms with Crippen LogP contribution in [0.25, 0.3) is 0 Å². The SMILES string of the molecule is CCCC(CCC)C(=O)c1cc(Cl)cc2c1OCC2. The second-order valence-electron chi connectivity index (χ2n) is 5.18. The van der Waals surface area contributed by atoms with Crippen LogP contribution in [0.15, 0.2) is 12.1 Å². The second kappa shape index (κ2) is 6.42. The van der Waals surface area contributed by atoms with Crippen LogP contribution in [-0.4, -0.2) is 12.4 Å². The minimum atomic E-state index is 0.0989. The molecule has 104 valence electrons. The number of ether oxygens (including phenoxy) is 1. The number of benzene rings is 1. The van der Waals surface area contributed by atoms with Gasteiger partial charge in [0.05, 0.1) is 12.2 Å². The predicted octanol–water partition coefficient (Wildman–Crippen LogP) is 4.67. The lowest BCUT2D eigenvalue weighted by atomic mass is 9.88. The largest absolute Gasteiger partial charge is 0.492 e. The van der Waals surface area contributed by atoms with Gasteiger partial charge in [-0.2, -0.15) is 0 Å². The van der Waals surface area contributed by atoms with Gasteiger partial charge in [0.2, 0.25) is 0 Å². The van der Waals surface area contributed by atoms with Crippen LogP contribution in [0.4, 0.5) is 0 Å². The Morgan fingerprint density at radius 3 is 2.63 bits per heavy atom. The van der Waals surface area contributed by atoms with E-state index in [1.54, 1.807) is 6.07 Å². The predicted molar refractivity (Wildman–Crippen MR) is 78.3 cm³/mol. The Hall–Kier alpha value is -1.02. The molecule has 19 heavy (non-hydrogen) atoms. The molecule has 1 aliphatic heterocycles. The topological polar surface area (TPSA) is 26.3 Å². The third kappa shape index (κ3) is 3.11. The number of carbonyl (C=O) groups excluding carboxylic acids is 1. The van der Waals surface area contributed by atoms with E-state index in [2.05, 4.69) is 13.8 Å². The highest BCUT2D eigenvalue weighted by molar-refractivity contribution is 6.31. The molecule has 0 aromatic heterocycles. The summed E-state index contributed by atoms with van der Waals surface area (Å²) in [5.74, 6) is 1.07. The number of ketones is 1. The van der Waals surface area contributed by atoms with E-state index >= 15 is 0 Å². The monoisotopic (exact) mass is 280 g/mol. The first kappa shape index (κ1) is 14.4. The van der Waals surface area contributed by atoms with Crippen molar-refractivity contribution in [3.05, 3.63) is 28.3 Å². The summed E-state index contributed by atoms with van der Waals surface area (Å²) < 4.78 is 5.63. The first-order valence-electron chi connectivity index (χ1n) is 7.16. The Labute approximate surface area is 120 Å². The minimum Gasteiger partial charge on any atom is -0.492 e. The van der Waals surface area contributed by atoms with Crippen LogP contribution in [0.5, 0.6) is 5.75 Å². The number of Topliss-reactive ketones (excluding diaryl/α,β-unsaturated/α-hetero) is 1. The Kier molecular flexibility index (Phi) is 4.87. The van der Waals surface area contributed by atoms with Crippen molar-refractivity contribution in [3.63, 3.8) is 0 Å². The quantitative estimate of drug-likeness (QED) is 0.708. The van der Waals surface area contributed by atoms with Crippen LogP contribution >= 0.6 is 11.6 Å². The Morgan fingerprint density at radius 1 is 1.32 bits per heavy atom. The van der Waals surface area contributed by atoms with E-state index in [9.17, 15) is 4.79 Å². The summed E-state index contributed by atoms with van der Waals surface area (Å²) >= 11 is 6.12. The van der Waals surface area contributed by atoms with Crippen LogP contribution in [0.3, 0.4) is 0 Å². The number of carbonyl (C=O) groups is 1. The zero-order valence-corrected chi connectivity index (χ0v) is 12.4. The number of halogens is 1. The Balaban J connectivity index is 2.32. The molecule has 1 aliphatic rings. The molecule has 2 nitrogen and oxygen atoms in total. The average Bonchev–Trinajstić information content (AvgIpc) is 2.84. The van der Waals surface area contributed by atoms with Crippen LogP contribution in [-0.2, 0) is 6.42 Å². The van der Waals surface area contributed by atoms with Crippen LogP contribution < -0.4 is 4.74 Å². The fraction of sp³-hybridized carbons (Fsp3) is 0.562. The van der Waals surface area contributed by atoms with Gasteiger partial charge in [-0.3, -0.25) is 4.79 Å². The standard InChI is InChI=1S/C16H21ClO2/c1-3-5-11(6-4-2)15(18)14-10-13(17)9-12-7-8-19-16(12)14/h9-11H,3-8H2,1-2H3. The van der Waals surface area contributed by atoms with Gasteiger partial charge >= 0.3 is 0 Å². The fourth-order valence-electron chi connectivity index (χ4n) is 2.78. The smallest absolute Gasteiger partial charge is 0.169 e. The van der Waals surface area contributed by atoms with Gasteiger partial charge in [-0.15, -0.1) is 0 Å². The Morgan fingerprint density at radius 2 is 2.00 bits per heavy atom. The first-order chi connectivity index (χ1) is 9.17. The summed E-state index contributed by atoms with van der Waals surface area (Å²) in [7, 11) is 0. The summed E-state index contributed by atoms with van der Waals surface area (Å²) in [5.41, 5.74) is 1.76. The van der Waals surface area contributed by atoms with E-state index in [0.717, 1.165) is 43.4 Å². The number of rotatable bonds is 6. The molecule has 1 heterocycles. The van der Waals surface area contributed by atoms with E-state index in [4.69, 9.17) is 16.3 Å². The highest BCUT2D eigenvalue weighted by atomic mass is 35.5. The van der Waals surface area contributed by atoms with Gasteiger partial charge in [0.1, 0.15) is 5.75 Å². The van der Waals surface area contributed by atoms with Crippen molar-refractivity contribution < 1.29 is 9.53 Å². The van der Waals surface area contributed by atoms with Gasteiger partial charge in [0, 0.05) is 17.4 Å². The molecule has 0 fully saturated rings. The molecule has 0 aliphatic carbocycles. The molecule has 0 saturated heterocycles. The Bertz CT molecular complexity index is 462. The molecule has 0 unspecified atom stereocenters. The number of hydrogen-bond acceptors (Lipinski definition) is 2. The van der Waals surface area contributed by atoms with Gasteiger partial charge in [-0.05, 0) is 30.5 Å². The summed E-state index contributed by atoms with van der Waals surface area (Å²) in [4.78, 5) is 12.7. The molecule has 0 N–H and O–H groups in total. The molecule has 3 heteroatoms. The summed E-state index contributed by atoms with van der Waals surface area (Å²) in [6, 6.07) is 3.68. The highest BCUT2D eigenvalue weighted by Gasteiger charge is 2.26. The molecule has 0 radical (unpaired) electrons. The van der Waals surface area contributed by atoms with Crippen molar-refractivity contribution in [2.24, 2.45) is 5.92 Å². The van der Waals surface area contributed by atoms with Crippen LogP contribution in [0.1, 0.15) is 55.5 Å². The molecular formula is C16H21ClO2. The van der Waals surface area contributed by atoms with Gasteiger partial charge in [0.15, 0.2) is 5.78 Å². The normalized spacial score (nSPS) is 13.5. The molecule has 0 atom stereocenters. The van der Waals surface area contributed by atoms with E-state index in [1.807, 2.05) is 6.07 Å². The molecule has 0 spiro atoms. The number of fused-ring (bicyclic) bond motifs is 1. The van der Waals surface area contributed by atoms with Crippen molar-refractivity contribution in [2.75, 3.05) is 6.61 Å². The lowest BCUT2D eigenvalue weighted by Gasteiger charge is -2.16. The average molecular weight is 281 g/mol. The number of hydrogen-bond donors (Lipinski definition) is 0. The van der Waals surface area contributed by atoms with Gasteiger partial charge < -0.3 is 4.74 Å². The third-order valence-electron chi connectivity index (χ3n) is 3.66. The van der Waals surface area contributed by atoms with Gasteiger partial charge in [-0.25, -0.2) is 0 Å². The molecule has 0 saturated carbocycles. The van der Waals surface area contributed by atoms with Crippen molar-refractivity contribution in [2.45, 2.75) is 46.0 Å². The zero-order chi connectivity index (χ0) is 13.8. The van der Waals surface area contributed by atoms with E-state index in [-0.39, 0.29) is 11.7 Å². The van der Waals surface area contributed by atoms with Crippen molar-refractivity contribution in [1.82, 2.24) is 0 Å². The lowest BCUT2D eigenvalue weighted by Crippen LogP contribution is -2.15. The van der Waals surface area contributed by atoms with E-state index in [0.29, 0.717) is 17.2 Å². The molecule has 1 aromatic rings. The maximum absolute atomic E-state index is 12.7. The fourth-order valence-corrected chi connectivity index (χ4v) is 3.02. The first-order valence-corrected chi connectivity index (χ1v) is 7.54. The van der Waals surface area contributed by atoms with Gasteiger partial charge in [-0.1, -0.05) is 38.3 Å². The minimum absolute atomic E-state index is 0.0989. The molecular weight excluding hydrogens is 260 g/mol. The van der Waals surface area contributed by atoms with E-state index < -0.39 is 0 Å².